The van der Waals surface area contributed by atoms with Crippen molar-refractivity contribution in [3.63, 3.8) is 0 Å². The van der Waals surface area contributed by atoms with Gasteiger partial charge in [0, 0.05) is 38.6 Å². The summed E-state index contributed by atoms with van der Waals surface area (Å²) < 4.78 is 8.94. The highest BCUT2D eigenvalue weighted by molar-refractivity contribution is 6.14. The summed E-state index contributed by atoms with van der Waals surface area (Å²) in [4.78, 5) is 2.52. The van der Waals surface area contributed by atoms with Gasteiger partial charge in [0.2, 0.25) is 0 Å². The number of furan rings is 1. The lowest BCUT2D eigenvalue weighted by Crippen LogP contribution is -2.33. The van der Waals surface area contributed by atoms with Gasteiger partial charge in [-0.3, -0.25) is 0 Å². The molecule has 3 heteroatoms. The minimum atomic E-state index is -0.606. The zero-order valence-electron chi connectivity index (χ0n) is 41.7. The summed E-state index contributed by atoms with van der Waals surface area (Å²) in [6.45, 7) is 0. The van der Waals surface area contributed by atoms with Gasteiger partial charge in [0.25, 0.3) is 0 Å². The molecule has 3 heterocycles. The average Bonchev–Trinajstić information content (AvgIpc) is 4.40. The molecule has 77 heavy (non-hydrogen) atoms. The second-order valence-corrected chi connectivity index (χ2v) is 21.4. The first kappa shape index (κ1) is 41.4. The van der Waals surface area contributed by atoms with Crippen LogP contribution in [-0.4, -0.2) is 4.57 Å². The van der Waals surface area contributed by atoms with Crippen molar-refractivity contribution in [1.82, 2.24) is 4.57 Å². The molecular formula is C74H44N2O. The maximum Gasteiger partial charge on any atom is 0.136 e. The Labute approximate surface area is 444 Å². The molecule has 356 valence electrons. The molecule has 3 nitrogen and oxygen atoms in total. The summed E-state index contributed by atoms with van der Waals surface area (Å²) in [5, 5.41) is 4.81. The van der Waals surface area contributed by atoms with E-state index in [1.54, 1.807) is 0 Å². The number of aromatic nitrogens is 1. The van der Waals surface area contributed by atoms with Gasteiger partial charge in [-0.15, -0.1) is 0 Å². The van der Waals surface area contributed by atoms with Crippen molar-refractivity contribution in [1.29, 1.82) is 0 Å². The fourth-order valence-corrected chi connectivity index (χ4v) is 15.2. The second kappa shape index (κ2) is 14.9. The highest BCUT2D eigenvalue weighted by Crippen LogP contribution is 2.65. The number of anilines is 3. The topological polar surface area (TPSA) is 21.3 Å². The second-order valence-electron chi connectivity index (χ2n) is 21.4. The molecule has 2 aromatic heterocycles. The molecule has 0 bridgehead atoms. The molecule has 4 aliphatic rings. The van der Waals surface area contributed by atoms with Crippen LogP contribution in [0.5, 0.6) is 0 Å². The van der Waals surface area contributed by atoms with Gasteiger partial charge >= 0.3 is 0 Å². The van der Waals surface area contributed by atoms with Crippen LogP contribution >= 0.6 is 0 Å². The zero-order chi connectivity index (χ0) is 50.1. The molecule has 0 amide bonds. The van der Waals surface area contributed by atoms with Crippen LogP contribution < -0.4 is 4.90 Å². The Kier molecular flexibility index (Phi) is 8.00. The predicted octanol–water partition coefficient (Wildman–Crippen LogP) is 18.8. The predicted molar refractivity (Wildman–Crippen MR) is 315 cm³/mol. The third kappa shape index (κ3) is 5.07. The van der Waals surface area contributed by atoms with Crippen LogP contribution in [0, 0.1) is 0 Å². The summed E-state index contributed by atoms with van der Waals surface area (Å²) in [6.07, 6.45) is 0. The van der Waals surface area contributed by atoms with Gasteiger partial charge in [-0.25, -0.2) is 0 Å². The first-order valence-corrected chi connectivity index (χ1v) is 26.8. The van der Waals surface area contributed by atoms with Gasteiger partial charge in [-0.2, -0.15) is 0 Å². The molecule has 18 rings (SSSR count). The number of benzene rings is 12. The SMILES string of the molecule is c1ccc2c(c1)-c1ccccc1C21c2ccccc2-c2ccc(N(c3ccc(-c4cccc5oc6ccccc6c45)cc3)c3ccc4c(c3)C3(c5ccccc5-4)c4ccccc4-n4c5ccccc5c5cccc3c54)cc21. The van der Waals surface area contributed by atoms with E-state index >= 15 is 0 Å². The first-order chi connectivity index (χ1) is 38.2. The van der Waals surface area contributed by atoms with E-state index in [0.717, 1.165) is 50.1 Å². The lowest BCUT2D eigenvalue weighted by atomic mass is 9.65. The maximum absolute atomic E-state index is 6.41. The van der Waals surface area contributed by atoms with Crippen LogP contribution in [0.2, 0.25) is 0 Å². The van der Waals surface area contributed by atoms with Crippen molar-refractivity contribution in [2.45, 2.75) is 10.8 Å². The summed E-state index contributed by atoms with van der Waals surface area (Å²) in [6, 6.07) is 100. The van der Waals surface area contributed by atoms with E-state index in [1.807, 2.05) is 6.07 Å². The Bertz CT molecular complexity index is 4830. The Morgan fingerprint density at radius 2 is 0.740 bits per heavy atom. The molecular weight excluding hydrogens is 933 g/mol. The smallest absolute Gasteiger partial charge is 0.136 e. The summed E-state index contributed by atoms with van der Waals surface area (Å²) in [7, 11) is 0. The van der Waals surface area contributed by atoms with Gasteiger partial charge in [-0.1, -0.05) is 206 Å². The standard InChI is InChI=1S/C74H44N2O/c1-7-25-59-50(17-1)51-18-2-8-26-60(51)73(59)61-27-9-3-19-52(61)54-41-39-47(43-65(54)73)75(46-37-35-45(36-38-46)49-23-16-34-70-71(49)58-22-6-14-33-69(58)77-70)48-40-42-55-53-20-4-10-28-62(53)74(66(55)44-48)63-29-11-13-32-68(63)76-67-31-12-5-21-56(67)57-24-15-30-64(74)72(57)76/h1-44H. The minimum Gasteiger partial charge on any atom is -0.456 e. The Morgan fingerprint density at radius 1 is 0.299 bits per heavy atom. The number of nitrogens with zero attached hydrogens (tertiary/aromatic N) is 2. The van der Waals surface area contributed by atoms with Gasteiger partial charge in [0.05, 0.1) is 27.6 Å². The number of rotatable bonds is 4. The molecule has 3 aliphatic carbocycles. The minimum absolute atomic E-state index is 0.497. The van der Waals surface area contributed by atoms with Crippen LogP contribution in [0.25, 0.3) is 93.9 Å². The Balaban J connectivity index is 0.907. The van der Waals surface area contributed by atoms with E-state index in [9.17, 15) is 0 Å². The van der Waals surface area contributed by atoms with E-state index in [4.69, 9.17) is 4.42 Å². The molecule has 1 unspecified atom stereocenters. The van der Waals surface area contributed by atoms with E-state index in [-0.39, 0.29) is 0 Å². The number of para-hydroxylation sites is 4. The molecule has 0 saturated heterocycles. The average molecular weight is 977 g/mol. The largest absolute Gasteiger partial charge is 0.456 e. The van der Waals surface area contributed by atoms with Crippen LogP contribution in [0.4, 0.5) is 17.1 Å². The highest BCUT2D eigenvalue weighted by Gasteiger charge is 2.53. The van der Waals surface area contributed by atoms with Crippen molar-refractivity contribution in [2.24, 2.45) is 0 Å². The van der Waals surface area contributed by atoms with E-state index in [0.29, 0.717) is 0 Å². The Hall–Kier alpha value is -9.96. The number of hydrogen-bond acceptors (Lipinski definition) is 2. The molecule has 0 radical (unpaired) electrons. The Morgan fingerprint density at radius 3 is 1.38 bits per heavy atom. The molecule has 1 atom stereocenters. The van der Waals surface area contributed by atoms with Gasteiger partial charge in [0.15, 0.2) is 0 Å². The fraction of sp³-hybridized carbons (Fsp3) is 0.0270. The molecule has 0 saturated carbocycles. The molecule has 12 aromatic carbocycles. The van der Waals surface area contributed by atoms with Gasteiger partial charge in [0.1, 0.15) is 11.2 Å². The molecule has 1 aliphatic heterocycles. The van der Waals surface area contributed by atoms with Crippen molar-refractivity contribution in [3.8, 4) is 50.2 Å². The first-order valence-electron chi connectivity index (χ1n) is 26.8. The number of hydrogen-bond donors (Lipinski definition) is 0. The quantitative estimate of drug-likeness (QED) is 0.175. The molecule has 14 aromatic rings. The number of fused-ring (bicyclic) bond motifs is 25. The van der Waals surface area contributed by atoms with E-state index in [1.165, 1.54) is 105 Å². The van der Waals surface area contributed by atoms with Crippen LogP contribution in [0.15, 0.2) is 271 Å². The highest BCUT2D eigenvalue weighted by atomic mass is 16.3. The molecule has 0 fully saturated rings. The summed E-state index contributed by atoms with van der Waals surface area (Å²) in [5.41, 5.74) is 28.2. The van der Waals surface area contributed by atoms with Crippen molar-refractivity contribution in [3.05, 3.63) is 311 Å². The lowest BCUT2D eigenvalue weighted by molar-refractivity contribution is 0.669. The molecule has 0 N–H and O–H groups in total. The third-order valence-electron chi connectivity index (χ3n) is 18.0. The van der Waals surface area contributed by atoms with E-state index in [2.05, 4.69) is 270 Å². The van der Waals surface area contributed by atoms with E-state index < -0.39 is 10.8 Å². The van der Waals surface area contributed by atoms with Crippen LogP contribution in [-0.2, 0) is 10.8 Å². The lowest BCUT2D eigenvalue weighted by Gasteiger charge is -2.40. The third-order valence-corrected chi connectivity index (χ3v) is 18.0. The maximum atomic E-state index is 6.41. The van der Waals surface area contributed by atoms with Crippen LogP contribution in [0.3, 0.4) is 0 Å². The normalized spacial score (nSPS) is 15.4. The zero-order valence-corrected chi connectivity index (χ0v) is 41.7. The fourth-order valence-electron chi connectivity index (χ4n) is 15.2. The van der Waals surface area contributed by atoms with Crippen molar-refractivity contribution < 1.29 is 4.42 Å². The molecule has 2 spiro atoms. The summed E-state index contributed by atoms with van der Waals surface area (Å²) in [5.74, 6) is 0. The van der Waals surface area contributed by atoms with Crippen molar-refractivity contribution >= 4 is 60.8 Å². The van der Waals surface area contributed by atoms with Crippen molar-refractivity contribution in [2.75, 3.05) is 4.90 Å². The van der Waals surface area contributed by atoms with Gasteiger partial charge < -0.3 is 13.9 Å². The summed E-state index contributed by atoms with van der Waals surface area (Å²) >= 11 is 0. The monoisotopic (exact) mass is 976 g/mol. The van der Waals surface area contributed by atoms with Crippen LogP contribution in [0.1, 0.15) is 44.5 Å². The van der Waals surface area contributed by atoms with Gasteiger partial charge in [-0.05, 0) is 150 Å².